The highest BCUT2D eigenvalue weighted by molar-refractivity contribution is 5.64. The highest BCUT2D eigenvalue weighted by Crippen LogP contribution is 2.26. The minimum atomic E-state index is -0.349. The molecule has 0 spiro atoms. The molecule has 0 atom stereocenters. The fourth-order valence-corrected chi connectivity index (χ4v) is 1.98. The molecular formula is C14H24N4O2. The second-order valence-electron chi connectivity index (χ2n) is 5.10. The Morgan fingerprint density at radius 2 is 1.90 bits per heavy atom. The van der Waals surface area contributed by atoms with Gasteiger partial charge in [-0.1, -0.05) is 0 Å². The molecule has 0 aliphatic heterocycles. The molecule has 0 heterocycles. The van der Waals surface area contributed by atoms with Crippen molar-refractivity contribution in [3.63, 3.8) is 0 Å². The Bertz CT molecular complexity index is 449. The number of non-ortho nitro benzene ring substituents is 1. The smallest absolute Gasteiger partial charge is 0.273 e. The molecular weight excluding hydrogens is 256 g/mol. The number of nitrogens with one attached hydrogen (secondary N) is 1. The van der Waals surface area contributed by atoms with Gasteiger partial charge < -0.3 is 15.1 Å². The van der Waals surface area contributed by atoms with Crippen LogP contribution in [-0.4, -0.2) is 50.6 Å². The summed E-state index contributed by atoms with van der Waals surface area (Å²) in [5, 5.41) is 14.1. The number of hydrogen-bond acceptors (Lipinski definition) is 5. The first-order valence-electron chi connectivity index (χ1n) is 6.83. The SMILES string of the molecule is CCNc1cc(N(C)CCCN(C)C)cc([N+](=O)[O-])c1. The van der Waals surface area contributed by atoms with Crippen LogP contribution in [0.3, 0.4) is 0 Å². The van der Waals surface area contributed by atoms with Crippen molar-refractivity contribution in [2.75, 3.05) is 51.0 Å². The topological polar surface area (TPSA) is 61.6 Å². The summed E-state index contributed by atoms with van der Waals surface area (Å²) in [6.07, 6.45) is 1.02. The van der Waals surface area contributed by atoms with Gasteiger partial charge in [0.2, 0.25) is 0 Å². The van der Waals surface area contributed by atoms with E-state index in [9.17, 15) is 10.1 Å². The van der Waals surface area contributed by atoms with Crippen LogP contribution in [0.1, 0.15) is 13.3 Å². The zero-order valence-corrected chi connectivity index (χ0v) is 12.7. The molecule has 0 unspecified atom stereocenters. The quantitative estimate of drug-likeness (QED) is 0.585. The highest BCUT2D eigenvalue weighted by atomic mass is 16.6. The number of nitro groups is 1. The second-order valence-corrected chi connectivity index (χ2v) is 5.10. The Morgan fingerprint density at radius 3 is 2.45 bits per heavy atom. The molecule has 0 bridgehead atoms. The normalized spacial score (nSPS) is 10.7. The Kier molecular flexibility index (Phi) is 6.24. The third kappa shape index (κ3) is 5.05. The van der Waals surface area contributed by atoms with Gasteiger partial charge in [0.25, 0.3) is 5.69 Å². The van der Waals surface area contributed by atoms with Gasteiger partial charge >= 0.3 is 0 Å². The molecule has 0 amide bonds. The van der Waals surface area contributed by atoms with Crippen molar-refractivity contribution in [3.05, 3.63) is 28.3 Å². The lowest BCUT2D eigenvalue weighted by Gasteiger charge is -2.21. The van der Waals surface area contributed by atoms with Crippen LogP contribution in [0.5, 0.6) is 0 Å². The third-order valence-electron chi connectivity index (χ3n) is 3.03. The molecule has 1 rings (SSSR count). The molecule has 6 heteroatoms. The van der Waals surface area contributed by atoms with Crippen molar-refractivity contribution in [2.45, 2.75) is 13.3 Å². The van der Waals surface area contributed by atoms with E-state index < -0.39 is 0 Å². The molecule has 0 radical (unpaired) electrons. The fraction of sp³-hybridized carbons (Fsp3) is 0.571. The van der Waals surface area contributed by atoms with Gasteiger partial charge in [0, 0.05) is 43.6 Å². The summed E-state index contributed by atoms with van der Waals surface area (Å²) < 4.78 is 0. The molecule has 112 valence electrons. The van der Waals surface area contributed by atoms with Crippen molar-refractivity contribution in [1.82, 2.24) is 4.90 Å². The van der Waals surface area contributed by atoms with E-state index >= 15 is 0 Å². The Balaban J connectivity index is 2.83. The van der Waals surface area contributed by atoms with Crippen LogP contribution in [0.2, 0.25) is 0 Å². The van der Waals surface area contributed by atoms with E-state index in [1.165, 1.54) is 0 Å². The maximum Gasteiger partial charge on any atom is 0.273 e. The lowest BCUT2D eigenvalue weighted by Crippen LogP contribution is -2.23. The van der Waals surface area contributed by atoms with Crippen molar-refractivity contribution >= 4 is 17.1 Å². The van der Waals surface area contributed by atoms with E-state index in [4.69, 9.17) is 0 Å². The van der Waals surface area contributed by atoms with Crippen LogP contribution in [0.4, 0.5) is 17.1 Å². The van der Waals surface area contributed by atoms with E-state index in [-0.39, 0.29) is 10.6 Å². The molecule has 6 nitrogen and oxygen atoms in total. The lowest BCUT2D eigenvalue weighted by atomic mass is 10.2. The first kappa shape index (κ1) is 16.2. The van der Waals surface area contributed by atoms with Crippen LogP contribution in [0, 0.1) is 10.1 Å². The maximum absolute atomic E-state index is 11.0. The van der Waals surface area contributed by atoms with Crippen LogP contribution in [0.15, 0.2) is 18.2 Å². The molecule has 0 saturated heterocycles. The summed E-state index contributed by atoms with van der Waals surface area (Å²) in [4.78, 5) is 14.8. The van der Waals surface area contributed by atoms with E-state index in [0.717, 1.165) is 37.4 Å². The Morgan fingerprint density at radius 1 is 1.20 bits per heavy atom. The number of nitro benzene ring substituents is 1. The number of hydrogen-bond donors (Lipinski definition) is 1. The lowest BCUT2D eigenvalue weighted by molar-refractivity contribution is -0.384. The van der Waals surface area contributed by atoms with Gasteiger partial charge in [-0.25, -0.2) is 0 Å². The molecule has 1 aromatic carbocycles. The summed E-state index contributed by atoms with van der Waals surface area (Å²) in [6, 6.07) is 5.14. The molecule has 1 N–H and O–H groups in total. The number of nitrogens with zero attached hydrogens (tertiary/aromatic N) is 3. The van der Waals surface area contributed by atoms with Gasteiger partial charge in [0.15, 0.2) is 0 Å². The second kappa shape index (κ2) is 7.69. The molecule has 0 aliphatic carbocycles. The predicted molar refractivity (Wildman–Crippen MR) is 83.7 cm³/mol. The van der Waals surface area contributed by atoms with E-state index in [1.54, 1.807) is 12.1 Å². The molecule has 0 aliphatic rings. The van der Waals surface area contributed by atoms with Crippen molar-refractivity contribution in [3.8, 4) is 0 Å². The minimum Gasteiger partial charge on any atom is -0.385 e. The summed E-state index contributed by atoms with van der Waals surface area (Å²) in [7, 11) is 6.04. The van der Waals surface area contributed by atoms with E-state index in [2.05, 4.69) is 15.1 Å². The third-order valence-corrected chi connectivity index (χ3v) is 3.03. The van der Waals surface area contributed by atoms with Gasteiger partial charge in [-0.3, -0.25) is 10.1 Å². The molecule has 20 heavy (non-hydrogen) atoms. The summed E-state index contributed by atoms with van der Waals surface area (Å²) in [6.45, 7) is 4.58. The fourth-order valence-electron chi connectivity index (χ4n) is 1.98. The van der Waals surface area contributed by atoms with Crippen LogP contribution < -0.4 is 10.2 Å². The van der Waals surface area contributed by atoms with E-state index in [1.807, 2.05) is 34.1 Å². The Hall–Kier alpha value is -1.82. The highest BCUT2D eigenvalue weighted by Gasteiger charge is 2.12. The molecule has 0 aromatic heterocycles. The monoisotopic (exact) mass is 280 g/mol. The first-order chi connectivity index (χ1) is 9.43. The maximum atomic E-state index is 11.0. The van der Waals surface area contributed by atoms with Gasteiger partial charge in [0.05, 0.1) is 4.92 Å². The average molecular weight is 280 g/mol. The Labute approximate surface area is 120 Å². The van der Waals surface area contributed by atoms with Crippen LogP contribution in [0.25, 0.3) is 0 Å². The molecule has 0 saturated carbocycles. The van der Waals surface area contributed by atoms with Crippen LogP contribution in [-0.2, 0) is 0 Å². The summed E-state index contributed by atoms with van der Waals surface area (Å²) >= 11 is 0. The van der Waals surface area contributed by atoms with Crippen LogP contribution >= 0.6 is 0 Å². The van der Waals surface area contributed by atoms with E-state index in [0.29, 0.717) is 0 Å². The van der Waals surface area contributed by atoms with Gasteiger partial charge in [-0.15, -0.1) is 0 Å². The number of rotatable bonds is 8. The summed E-state index contributed by atoms with van der Waals surface area (Å²) in [5.41, 5.74) is 1.78. The minimum absolute atomic E-state index is 0.123. The largest absolute Gasteiger partial charge is 0.385 e. The first-order valence-corrected chi connectivity index (χ1v) is 6.83. The average Bonchev–Trinajstić information content (AvgIpc) is 2.38. The number of benzene rings is 1. The molecule has 0 fully saturated rings. The van der Waals surface area contributed by atoms with Crippen molar-refractivity contribution in [1.29, 1.82) is 0 Å². The predicted octanol–water partition coefficient (Wildman–Crippen LogP) is 2.41. The van der Waals surface area contributed by atoms with Gasteiger partial charge in [0.1, 0.15) is 0 Å². The molecule has 1 aromatic rings. The zero-order chi connectivity index (χ0) is 15.1. The van der Waals surface area contributed by atoms with Gasteiger partial charge in [-0.05, 0) is 40.1 Å². The zero-order valence-electron chi connectivity index (χ0n) is 12.7. The van der Waals surface area contributed by atoms with Gasteiger partial charge in [-0.2, -0.15) is 0 Å². The van der Waals surface area contributed by atoms with Crippen molar-refractivity contribution < 1.29 is 4.92 Å². The summed E-state index contributed by atoms with van der Waals surface area (Å²) in [5.74, 6) is 0. The standard InChI is InChI=1S/C14H24N4O2/c1-5-15-12-9-13(11-14(10-12)18(19)20)17(4)8-6-7-16(2)3/h9-11,15H,5-8H2,1-4H3. The van der Waals surface area contributed by atoms with Crippen molar-refractivity contribution in [2.24, 2.45) is 0 Å². The number of anilines is 2.